The van der Waals surface area contributed by atoms with Crippen molar-refractivity contribution in [3.8, 4) is 0 Å². The second-order valence-corrected chi connectivity index (χ2v) is 6.02. The van der Waals surface area contributed by atoms with Gasteiger partial charge in [-0.15, -0.1) is 0 Å². The molecule has 16 heavy (non-hydrogen) atoms. The number of hydrogen-bond donors (Lipinski definition) is 1. The minimum Gasteiger partial charge on any atom is -0.314 e. The Morgan fingerprint density at radius 2 is 1.88 bits per heavy atom. The molecule has 0 spiro atoms. The van der Waals surface area contributed by atoms with Crippen LogP contribution in [0.25, 0.3) is 0 Å². The van der Waals surface area contributed by atoms with Gasteiger partial charge in [0.1, 0.15) is 0 Å². The van der Waals surface area contributed by atoms with E-state index in [0.29, 0.717) is 10.9 Å². The van der Waals surface area contributed by atoms with Crippen molar-refractivity contribution in [2.24, 2.45) is 0 Å². The standard InChI is InChI=1S/C14H22BrN/c1-12(15)11-13(2)16-10-6-9-14-7-4-3-5-8-14/h3-5,7-8,12-13,16H,6,9-11H2,1-2H3. The maximum atomic E-state index is 3.58. The van der Waals surface area contributed by atoms with Gasteiger partial charge >= 0.3 is 0 Å². The van der Waals surface area contributed by atoms with Crippen LogP contribution >= 0.6 is 15.9 Å². The van der Waals surface area contributed by atoms with E-state index in [0.717, 1.165) is 6.54 Å². The lowest BCUT2D eigenvalue weighted by molar-refractivity contribution is 0.508. The molecular formula is C14H22BrN. The van der Waals surface area contributed by atoms with E-state index in [1.54, 1.807) is 0 Å². The fraction of sp³-hybridized carbons (Fsp3) is 0.571. The van der Waals surface area contributed by atoms with Gasteiger partial charge in [-0.05, 0) is 38.3 Å². The van der Waals surface area contributed by atoms with Gasteiger partial charge in [0.15, 0.2) is 0 Å². The molecule has 0 aliphatic rings. The topological polar surface area (TPSA) is 12.0 Å². The molecule has 1 aromatic carbocycles. The van der Waals surface area contributed by atoms with Crippen LogP contribution in [0.3, 0.4) is 0 Å². The molecule has 0 heterocycles. The Bertz CT molecular complexity index is 271. The molecule has 1 aromatic rings. The van der Waals surface area contributed by atoms with Gasteiger partial charge in [0.2, 0.25) is 0 Å². The minimum atomic E-state index is 0.601. The number of benzene rings is 1. The van der Waals surface area contributed by atoms with E-state index in [2.05, 4.69) is 65.4 Å². The van der Waals surface area contributed by atoms with E-state index >= 15 is 0 Å². The van der Waals surface area contributed by atoms with Crippen molar-refractivity contribution in [2.75, 3.05) is 6.54 Å². The average Bonchev–Trinajstić information content (AvgIpc) is 2.25. The molecule has 2 heteroatoms. The van der Waals surface area contributed by atoms with Crippen LogP contribution in [0.15, 0.2) is 30.3 Å². The van der Waals surface area contributed by atoms with Crippen LogP contribution in [0.2, 0.25) is 0 Å². The summed E-state index contributed by atoms with van der Waals surface area (Å²) in [5, 5.41) is 3.55. The molecule has 0 saturated carbocycles. The van der Waals surface area contributed by atoms with E-state index in [1.165, 1.54) is 24.8 Å². The number of alkyl halides is 1. The van der Waals surface area contributed by atoms with Crippen LogP contribution in [-0.2, 0) is 6.42 Å². The van der Waals surface area contributed by atoms with E-state index in [-0.39, 0.29) is 0 Å². The molecule has 1 rings (SSSR count). The van der Waals surface area contributed by atoms with Crippen LogP contribution in [0.4, 0.5) is 0 Å². The molecule has 0 bridgehead atoms. The number of halogens is 1. The molecule has 90 valence electrons. The maximum Gasteiger partial charge on any atom is 0.0132 e. The molecule has 0 aliphatic heterocycles. The van der Waals surface area contributed by atoms with Gasteiger partial charge in [-0.1, -0.05) is 53.2 Å². The van der Waals surface area contributed by atoms with Crippen LogP contribution in [0, 0.1) is 0 Å². The van der Waals surface area contributed by atoms with Gasteiger partial charge < -0.3 is 5.32 Å². The fourth-order valence-corrected chi connectivity index (χ4v) is 2.42. The first-order valence-electron chi connectivity index (χ1n) is 6.10. The Morgan fingerprint density at radius 1 is 1.19 bits per heavy atom. The molecule has 0 aliphatic carbocycles. The summed E-state index contributed by atoms with van der Waals surface area (Å²) in [5.74, 6) is 0. The van der Waals surface area contributed by atoms with Gasteiger partial charge in [-0.25, -0.2) is 0 Å². The van der Waals surface area contributed by atoms with E-state index in [4.69, 9.17) is 0 Å². The van der Waals surface area contributed by atoms with Gasteiger partial charge in [-0.3, -0.25) is 0 Å². The first-order chi connectivity index (χ1) is 7.68. The van der Waals surface area contributed by atoms with Crippen molar-refractivity contribution >= 4 is 15.9 Å². The summed E-state index contributed by atoms with van der Waals surface area (Å²) in [4.78, 5) is 0.601. The molecule has 0 saturated heterocycles. The van der Waals surface area contributed by atoms with E-state index in [9.17, 15) is 0 Å². The van der Waals surface area contributed by atoms with Crippen LogP contribution in [-0.4, -0.2) is 17.4 Å². The monoisotopic (exact) mass is 283 g/mol. The second kappa shape index (κ2) is 7.86. The summed E-state index contributed by atoms with van der Waals surface area (Å²) in [6.45, 7) is 5.55. The molecule has 1 nitrogen and oxygen atoms in total. The van der Waals surface area contributed by atoms with Crippen molar-refractivity contribution in [1.29, 1.82) is 0 Å². The highest BCUT2D eigenvalue weighted by molar-refractivity contribution is 9.09. The van der Waals surface area contributed by atoms with E-state index < -0.39 is 0 Å². The van der Waals surface area contributed by atoms with Gasteiger partial charge in [0, 0.05) is 10.9 Å². The number of nitrogens with one attached hydrogen (secondary N) is 1. The zero-order valence-electron chi connectivity index (χ0n) is 10.2. The number of rotatable bonds is 7. The Morgan fingerprint density at radius 3 is 2.50 bits per heavy atom. The smallest absolute Gasteiger partial charge is 0.0132 e. The largest absolute Gasteiger partial charge is 0.314 e. The summed E-state index contributed by atoms with van der Waals surface area (Å²) in [5.41, 5.74) is 1.44. The van der Waals surface area contributed by atoms with Crippen molar-refractivity contribution in [1.82, 2.24) is 5.32 Å². The van der Waals surface area contributed by atoms with Crippen molar-refractivity contribution in [3.05, 3.63) is 35.9 Å². The summed E-state index contributed by atoms with van der Waals surface area (Å²) < 4.78 is 0. The summed E-state index contributed by atoms with van der Waals surface area (Å²) in [7, 11) is 0. The zero-order chi connectivity index (χ0) is 11.8. The minimum absolute atomic E-state index is 0.601. The molecule has 0 fully saturated rings. The highest BCUT2D eigenvalue weighted by Crippen LogP contribution is 2.07. The highest BCUT2D eigenvalue weighted by atomic mass is 79.9. The van der Waals surface area contributed by atoms with Gasteiger partial charge in [-0.2, -0.15) is 0 Å². The number of hydrogen-bond acceptors (Lipinski definition) is 1. The second-order valence-electron chi connectivity index (χ2n) is 4.46. The van der Waals surface area contributed by atoms with Crippen LogP contribution in [0.1, 0.15) is 32.3 Å². The van der Waals surface area contributed by atoms with Gasteiger partial charge in [0.25, 0.3) is 0 Å². The summed E-state index contributed by atoms with van der Waals surface area (Å²) in [6.07, 6.45) is 3.57. The average molecular weight is 284 g/mol. The zero-order valence-corrected chi connectivity index (χ0v) is 11.8. The SMILES string of the molecule is CC(Br)CC(C)NCCCc1ccccc1. The highest BCUT2D eigenvalue weighted by Gasteiger charge is 2.04. The Balaban J connectivity index is 2.08. The lowest BCUT2D eigenvalue weighted by atomic mass is 10.1. The number of aryl methyl sites for hydroxylation is 1. The van der Waals surface area contributed by atoms with Crippen LogP contribution < -0.4 is 5.32 Å². The maximum absolute atomic E-state index is 3.58. The van der Waals surface area contributed by atoms with Crippen molar-refractivity contribution in [3.63, 3.8) is 0 Å². The molecule has 0 amide bonds. The fourth-order valence-electron chi connectivity index (χ4n) is 1.86. The summed E-state index contributed by atoms with van der Waals surface area (Å²) >= 11 is 3.58. The third kappa shape index (κ3) is 6.29. The van der Waals surface area contributed by atoms with Gasteiger partial charge in [0.05, 0.1) is 0 Å². The predicted octanol–water partition coefficient (Wildman–Crippen LogP) is 3.77. The van der Waals surface area contributed by atoms with Crippen LogP contribution in [0.5, 0.6) is 0 Å². The van der Waals surface area contributed by atoms with Crippen molar-refractivity contribution < 1.29 is 0 Å². The Labute approximate surface area is 108 Å². The molecule has 0 aromatic heterocycles. The molecule has 2 unspecified atom stereocenters. The molecule has 1 N–H and O–H groups in total. The summed E-state index contributed by atoms with van der Waals surface area (Å²) in [6, 6.07) is 11.3. The predicted molar refractivity (Wildman–Crippen MR) is 75.2 cm³/mol. The Kier molecular flexibility index (Phi) is 6.74. The van der Waals surface area contributed by atoms with Crippen molar-refractivity contribution in [2.45, 2.75) is 44.0 Å². The molecule has 2 atom stereocenters. The first-order valence-corrected chi connectivity index (χ1v) is 7.01. The quantitative estimate of drug-likeness (QED) is 0.593. The lowest BCUT2D eigenvalue weighted by Crippen LogP contribution is -2.29. The molecular weight excluding hydrogens is 262 g/mol. The molecule has 0 radical (unpaired) electrons. The Hall–Kier alpha value is -0.340. The normalized spacial score (nSPS) is 14.7. The third-order valence-corrected chi connectivity index (χ3v) is 3.03. The lowest BCUT2D eigenvalue weighted by Gasteiger charge is -2.14. The first kappa shape index (κ1) is 13.7. The third-order valence-electron chi connectivity index (χ3n) is 2.66. The van der Waals surface area contributed by atoms with E-state index in [1.807, 2.05) is 0 Å².